The predicted octanol–water partition coefficient (Wildman–Crippen LogP) is 1.40. The summed E-state index contributed by atoms with van der Waals surface area (Å²) >= 11 is 0. The van der Waals surface area contributed by atoms with Crippen LogP contribution in [0, 0.1) is 11.8 Å². The zero-order valence-electron chi connectivity index (χ0n) is 7.76. The van der Waals surface area contributed by atoms with E-state index >= 15 is 0 Å². The smallest absolute Gasteiger partial charge is 0.0805 e. The molecule has 1 fully saturated rings. The average molecular weight is 157 g/mol. The first-order valence-electron chi connectivity index (χ1n) is 4.39. The molecule has 0 bridgehead atoms. The molecule has 2 heteroatoms. The van der Waals surface area contributed by atoms with Crippen molar-refractivity contribution in [3.8, 4) is 0 Å². The highest BCUT2D eigenvalue weighted by atomic mass is 16.5. The summed E-state index contributed by atoms with van der Waals surface area (Å²) in [5.41, 5.74) is 5.65. The van der Waals surface area contributed by atoms with Gasteiger partial charge in [-0.3, -0.25) is 0 Å². The van der Waals surface area contributed by atoms with E-state index < -0.39 is 0 Å². The molecule has 1 aliphatic carbocycles. The van der Waals surface area contributed by atoms with Gasteiger partial charge in [-0.05, 0) is 24.7 Å². The Kier molecular flexibility index (Phi) is 2.55. The first kappa shape index (κ1) is 9.01. The molecule has 0 unspecified atom stereocenters. The van der Waals surface area contributed by atoms with E-state index in [2.05, 4.69) is 13.8 Å². The molecule has 2 nitrogen and oxygen atoms in total. The molecule has 0 aromatic rings. The van der Waals surface area contributed by atoms with Gasteiger partial charge in [-0.2, -0.15) is 0 Å². The predicted molar refractivity (Wildman–Crippen MR) is 46.4 cm³/mol. The van der Waals surface area contributed by atoms with Crippen molar-refractivity contribution in [3.05, 3.63) is 0 Å². The lowest BCUT2D eigenvalue weighted by Gasteiger charge is -2.47. The Morgan fingerprint density at radius 3 is 2.36 bits per heavy atom. The summed E-state index contributed by atoms with van der Waals surface area (Å²) in [6, 6.07) is 0. The average Bonchev–Trinajstić information content (AvgIpc) is 1.87. The Labute approximate surface area is 69.1 Å². The second kappa shape index (κ2) is 3.11. The number of nitrogens with two attached hydrogens (primary N) is 1. The van der Waals surface area contributed by atoms with Gasteiger partial charge in [0.05, 0.1) is 5.60 Å². The van der Waals surface area contributed by atoms with Crippen LogP contribution in [-0.2, 0) is 4.74 Å². The van der Waals surface area contributed by atoms with Gasteiger partial charge in [0.2, 0.25) is 0 Å². The molecule has 0 heterocycles. The first-order chi connectivity index (χ1) is 5.13. The van der Waals surface area contributed by atoms with Gasteiger partial charge in [0, 0.05) is 13.7 Å². The summed E-state index contributed by atoms with van der Waals surface area (Å²) in [5.74, 6) is 1.61. The van der Waals surface area contributed by atoms with Crippen LogP contribution in [0.3, 0.4) is 0 Å². The molecular weight excluding hydrogens is 138 g/mol. The van der Waals surface area contributed by atoms with Gasteiger partial charge in [-0.1, -0.05) is 13.8 Å². The van der Waals surface area contributed by atoms with Gasteiger partial charge < -0.3 is 10.5 Å². The Morgan fingerprint density at radius 2 is 2.09 bits per heavy atom. The van der Waals surface area contributed by atoms with Crippen molar-refractivity contribution in [1.82, 2.24) is 0 Å². The maximum Gasteiger partial charge on any atom is 0.0805 e. The van der Waals surface area contributed by atoms with Gasteiger partial charge >= 0.3 is 0 Å². The zero-order valence-corrected chi connectivity index (χ0v) is 7.76. The van der Waals surface area contributed by atoms with Crippen LogP contribution in [-0.4, -0.2) is 19.3 Å². The fourth-order valence-corrected chi connectivity index (χ4v) is 1.78. The van der Waals surface area contributed by atoms with E-state index in [-0.39, 0.29) is 5.60 Å². The highest BCUT2D eigenvalue weighted by Crippen LogP contribution is 2.43. The van der Waals surface area contributed by atoms with E-state index in [1.54, 1.807) is 7.11 Å². The number of rotatable bonds is 3. The van der Waals surface area contributed by atoms with Crippen molar-refractivity contribution in [1.29, 1.82) is 0 Å². The summed E-state index contributed by atoms with van der Waals surface area (Å²) in [4.78, 5) is 0. The molecule has 1 rings (SSSR count). The number of hydrogen-bond acceptors (Lipinski definition) is 2. The summed E-state index contributed by atoms with van der Waals surface area (Å²) in [5, 5.41) is 0. The van der Waals surface area contributed by atoms with E-state index in [0.717, 1.165) is 24.7 Å². The monoisotopic (exact) mass is 157 g/mol. The minimum Gasteiger partial charge on any atom is -0.377 e. The highest BCUT2D eigenvalue weighted by molar-refractivity contribution is 4.97. The minimum absolute atomic E-state index is 0.0366. The van der Waals surface area contributed by atoms with Crippen LogP contribution < -0.4 is 5.73 Å². The standard InChI is InChI=1S/C9H19NO/c1-7(2)8-4-9(5-8,6-10)11-3/h7-8H,4-6,10H2,1-3H3. The van der Waals surface area contributed by atoms with Crippen molar-refractivity contribution in [2.45, 2.75) is 32.3 Å². The highest BCUT2D eigenvalue weighted by Gasteiger charge is 2.44. The Balaban J connectivity index is 2.35. The molecule has 0 aromatic carbocycles. The lowest BCUT2D eigenvalue weighted by molar-refractivity contribution is -0.108. The second-order valence-electron chi connectivity index (χ2n) is 4.00. The van der Waals surface area contributed by atoms with Crippen LogP contribution in [0.4, 0.5) is 0 Å². The molecule has 1 saturated carbocycles. The van der Waals surface area contributed by atoms with Crippen LogP contribution in [0.15, 0.2) is 0 Å². The molecule has 66 valence electrons. The van der Waals surface area contributed by atoms with Crippen LogP contribution >= 0.6 is 0 Å². The molecule has 0 saturated heterocycles. The summed E-state index contributed by atoms with van der Waals surface area (Å²) < 4.78 is 5.38. The third kappa shape index (κ3) is 1.57. The van der Waals surface area contributed by atoms with Gasteiger partial charge in [-0.15, -0.1) is 0 Å². The van der Waals surface area contributed by atoms with Gasteiger partial charge in [0.1, 0.15) is 0 Å². The van der Waals surface area contributed by atoms with E-state index in [0.29, 0.717) is 6.54 Å². The van der Waals surface area contributed by atoms with Crippen LogP contribution in [0.2, 0.25) is 0 Å². The van der Waals surface area contributed by atoms with E-state index in [4.69, 9.17) is 10.5 Å². The van der Waals surface area contributed by atoms with Crippen LogP contribution in [0.25, 0.3) is 0 Å². The van der Waals surface area contributed by atoms with E-state index in [9.17, 15) is 0 Å². The Morgan fingerprint density at radius 1 is 1.55 bits per heavy atom. The fourth-order valence-electron chi connectivity index (χ4n) is 1.78. The zero-order chi connectivity index (χ0) is 8.48. The van der Waals surface area contributed by atoms with E-state index in [1.165, 1.54) is 0 Å². The molecule has 0 aliphatic heterocycles. The van der Waals surface area contributed by atoms with Crippen molar-refractivity contribution in [3.63, 3.8) is 0 Å². The summed E-state index contributed by atoms with van der Waals surface area (Å²) in [7, 11) is 1.77. The molecule has 0 atom stereocenters. The molecule has 11 heavy (non-hydrogen) atoms. The maximum absolute atomic E-state index is 5.62. The fraction of sp³-hybridized carbons (Fsp3) is 1.00. The van der Waals surface area contributed by atoms with Crippen molar-refractivity contribution in [2.75, 3.05) is 13.7 Å². The Hall–Kier alpha value is -0.0800. The Bertz CT molecular complexity index is 122. The number of hydrogen-bond donors (Lipinski definition) is 1. The molecule has 0 amide bonds. The number of ether oxygens (including phenoxy) is 1. The molecule has 0 aromatic heterocycles. The molecule has 1 aliphatic rings. The number of methoxy groups -OCH3 is 1. The molecule has 0 radical (unpaired) electrons. The van der Waals surface area contributed by atoms with Crippen LogP contribution in [0.5, 0.6) is 0 Å². The third-order valence-electron chi connectivity index (χ3n) is 3.02. The van der Waals surface area contributed by atoms with E-state index in [1.807, 2.05) is 0 Å². The SMILES string of the molecule is COC1(CN)CC(C(C)C)C1. The lowest BCUT2D eigenvalue weighted by Crippen LogP contribution is -2.52. The van der Waals surface area contributed by atoms with Gasteiger partial charge in [-0.25, -0.2) is 0 Å². The third-order valence-corrected chi connectivity index (χ3v) is 3.02. The molecule has 2 N–H and O–H groups in total. The second-order valence-corrected chi connectivity index (χ2v) is 4.00. The quantitative estimate of drug-likeness (QED) is 0.672. The van der Waals surface area contributed by atoms with Gasteiger partial charge in [0.15, 0.2) is 0 Å². The van der Waals surface area contributed by atoms with Crippen molar-refractivity contribution < 1.29 is 4.74 Å². The minimum atomic E-state index is 0.0366. The summed E-state index contributed by atoms with van der Waals surface area (Å²) in [6.07, 6.45) is 2.30. The van der Waals surface area contributed by atoms with Crippen LogP contribution in [0.1, 0.15) is 26.7 Å². The topological polar surface area (TPSA) is 35.2 Å². The lowest BCUT2D eigenvalue weighted by atomic mass is 9.66. The van der Waals surface area contributed by atoms with Crippen molar-refractivity contribution >= 4 is 0 Å². The first-order valence-corrected chi connectivity index (χ1v) is 4.39. The summed E-state index contributed by atoms with van der Waals surface area (Å²) in [6.45, 7) is 5.20. The maximum atomic E-state index is 5.62. The van der Waals surface area contributed by atoms with Gasteiger partial charge in [0.25, 0.3) is 0 Å². The molecular formula is C9H19NO. The van der Waals surface area contributed by atoms with Crippen molar-refractivity contribution in [2.24, 2.45) is 17.6 Å². The largest absolute Gasteiger partial charge is 0.377 e. The normalized spacial score (nSPS) is 37.4. The molecule has 0 spiro atoms.